The summed E-state index contributed by atoms with van der Waals surface area (Å²) in [6.45, 7) is 1.59. The summed E-state index contributed by atoms with van der Waals surface area (Å²) in [5.74, 6) is -5.53. The molecule has 1 saturated heterocycles. The van der Waals surface area contributed by atoms with Gasteiger partial charge in [-0.3, -0.25) is 24.0 Å². The Morgan fingerprint density at radius 1 is 1.10 bits per heavy atom. The van der Waals surface area contributed by atoms with Crippen LogP contribution in [0.2, 0.25) is 0 Å². The second-order valence-corrected chi connectivity index (χ2v) is 7.03. The number of nitrogens with one attached hydrogen (secondary N) is 2. The van der Waals surface area contributed by atoms with E-state index in [-0.39, 0.29) is 13.0 Å². The fourth-order valence-electron chi connectivity index (χ4n) is 3.04. The van der Waals surface area contributed by atoms with Gasteiger partial charge in [-0.05, 0) is 26.2 Å². The molecule has 168 valence electrons. The SMILES string of the molecule is CC(NC(=O)C(CCC(=O)O)NC(=O)C(N)CC(N)=O)C(=O)N1CCCC1C(=O)O. The number of rotatable bonds is 11. The van der Waals surface area contributed by atoms with Crippen molar-refractivity contribution >= 4 is 35.6 Å². The average Bonchev–Trinajstić information content (AvgIpc) is 3.13. The molecule has 1 fully saturated rings. The van der Waals surface area contributed by atoms with Gasteiger partial charge in [-0.25, -0.2) is 4.79 Å². The van der Waals surface area contributed by atoms with Crippen LogP contribution in [-0.4, -0.2) is 81.4 Å². The predicted octanol–water partition coefficient (Wildman–Crippen LogP) is -2.88. The molecule has 0 saturated carbocycles. The fourth-order valence-corrected chi connectivity index (χ4v) is 3.04. The van der Waals surface area contributed by atoms with Crippen molar-refractivity contribution in [3.05, 3.63) is 0 Å². The van der Waals surface area contributed by atoms with Gasteiger partial charge in [-0.2, -0.15) is 0 Å². The molecule has 0 bridgehead atoms. The molecule has 4 atom stereocenters. The molecule has 0 aromatic heterocycles. The number of carbonyl (C=O) groups is 6. The molecule has 1 heterocycles. The molecule has 1 aliphatic rings. The topological polar surface area (TPSA) is 222 Å². The van der Waals surface area contributed by atoms with Crippen LogP contribution in [0.4, 0.5) is 0 Å². The van der Waals surface area contributed by atoms with Crippen LogP contribution in [0, 0.1) is 0 Å². The molecule has 13 heteroatoms. The fraction of sp³-hybridized carbons (Fsp3) is 0.647. The second kappa shape index (κ2) is 11.1. The van der Waals surface area contributed by atoms with E-state index in [0.717, 1.165) is 4.90 Å². The summed E-state index contributed by atoms with van der Waals surface area (Å²) >= 11 is 0. The molecule has 0 aliphatic carbocycles. The van der Waals surface area contributed by atoms with Crippen LogP contribution in [0.25, 0.3) is 0 Å². The van der Waals surface area contributed by atoms with Gasteiger partial charge in [0.2, 0.25) is 23.6 Å². The standard InChI is InChI=1S/C17H27N5O8/c1-8(16(28)22-6-2-3-11(22)17(29)30)20-15(27)10(4-5-13(24)25)21-14(26)9(18)7-12(19)23/h8-11H,2-7,18H2,1H3,(H2,19,23)(H,20,27)(H,21,26)(H,24,25)(H,29,30). The maximum Gasteiger partial charge on any atom is 0.326 e. The van der Waals surface area contributed by atoms with Crippen molar-refractivity contribution in [2.75, 3.05) is 6.54 Å². The number of aliphatic carboxylic acids is 2. The second-order valence-electron chi connectivity index (χ2n) is 7.03. The normalized spacial score (nSPS) is 18.7. The van der Waals surface area contributed by atoms with Crippen molar-refractivity contribution in [1.29, 1.82) is 0 Å². The van der Waals surface area contributed by atoms with Gasteiger partial charge in [0.25, 0.3) is 0 Å². The number of primary amides is 1. The van der Waals surface area contributed by atoms with E-state index >= 15 is 0 Å². The van der Waals surface area contributed by atoms with E-state index in [1.165, 1.54) is 6.92 Å². The van der Waals surface area contributed by atoms with E-state index in [4.69, 9.17) is 16.6 Å². The third-order valence-electron chi connectivity index (χ3n) is 4.59. The first-order chi connectivity index (χ1) is 13.9. The Morgan fingerprint density at radius 3 is 2.27 bits per heavy atom. The number of carboxylic acids is 2. The lowest BCUT2D eigenvalue weighted by Crippen LogP contribution is -2.56. The largest absolute Gasteiger partial charge is 0.481 e. The van der Waals surface area contributed by atoms with Crippen molar-refractivity contribution in [2.24, 2.45) is 11.5 Å². The van der Waals surface area contributed by atoms with Gasteiger partial charge in [-0.15, -0.1) is 0 Å². The number of hydrogen-bond donors (Lipinski definition) is 6. The van der Waals surface area contributed by atoms with Gasteiger partial charge < -0.3 is 37.2 Å². The Bertz CT molecular complexity index is 712. The zero-order valence-corrected chi connectivity index (χ0v) is 16.5. The quantitative estimate of drug-likeness (QED) is 0.198. The molecule has 0 aromatic carbocycles. The summed E-state index contributed by atoms with van der Waals surface area (Å²) in [6, 6.07) is -4.76. The Labute approximate surface area is 172 Å². The minimum Gasteiger partial charge on any atom is -0.481 e. The van der Waals surface area contributed by atoms with Gasteiger partial charge >= 0.3 is 11.9 Å². The molecule has 1 aliphatic heterocycles. The van der Waals surface area contributed by atoms with E-state index in [2.05, 4.69) is 10.6 Å². The van der Waals surface area contributed by atoms with Gasteiger partial charge in [0.05, 0.1) is 12.5 Å². The number of carboxylic acid groups (broad SMARTS) is 2. The molecule has 30 heavy (non-hydrogen) atoms. The van der Waals surface area contributed by atoms with Crippen molar-refractivity contribution in [1.82, 2.24) is 15.5 Å². The van der Waals surface area contributed by atoms with E-state index in [0.29, 0.717) is 12.8 Å². The van der Waals surface area contributed by atoms with Crippen molar-refractivity contribution in [2.45, 2.75) is 63.2 Å². The first-order valence-corrected chi connectivity index (χ1v) is 9.33. The summed E-state index contributed by atoms with van der Waals surface area (Å²) in [4.78, 5) is 71.3. The van der Waals surface area contributed by atoms with Crippen LogP contribution in [0.5, 0.6) is 0 Å². The highest BCUT2D eigenvalue weighted by molar-refractivity contribution is 5.95. The first kappa shape index (κ1) is 24.8. The average molecular weight is 429 g/mol. The van der Waals surface area contributed by atoms with Gasteiger partial charge in [0.15, 0.2) is 0 Å². The van der Waals surface area contributed by atoms with Gasteiger partial charge in [0.1, 0.15) is 18.1 Å². The number of amides is 4. The number of likely N-dealkylation sites (tertiary alicyclic amines) is 1. The third-order valence-corrected chi connectivity index (χ3v) is 4.59. The summed E-state index contributed by atoms with van der Waals surface area (Å²) < 4.78 is 0. The number of nitrogens with zero attached hydrogens (tertiary/aromatic N) is 1. The molecule has 8 N–H and O–H groups in total. The van der Waals surface area contributed by atoms with E-state index in [1.54, 1.807) is 0 Å². The monoisotopic (exact) mass is 429 g/mol. The maximum absolute atomic E-state index is 12.5. The van der Waals surface area contributed by atoms with E-state index in [9.17, 15) is 33.9 Å². The van der Waals surface area contributed by atoms with E-state index in [1.807, 2.05) is 0 Å². The van der Waals surface area contributed by atoms with Crippen molar-refractivity contribution in [3.8, 4) is 0 Å². The number of hydrogen-bond acceptors (Lipinski definition) is 7. The molecule has 0 aromatic rings. The van der Waals surface area contributed by atoms with Crippen molar-refractivity contribution in [3.63, 3.8) is 0 Å². The maximum atomic E-state index is 12.5. The van der Waals surface area contributed by atoms with Crippen LogP contribution in [0.1, 0.15) is 39.0 Å². The Hall–Kier alpha value is -3.22. The van der Waals surface area contributed by atoms with Gasteiger partial charge in [-0.1, -0.05) is 0 Å². The first-order valence-electron chi connectivity index (χ1n) is 9.33. The predicted molar refractivity (Wildman–Crippen MR) is 101 cm³/mol. The van der Waals surface area contributed by atoms with Gasteiger partial charge in [0, 0.05) is 13.0 Å². The lowest BCUT2D eigenvalue weighted by Gasteiger charge is -2.27. The molecule has 0 radical (unpaired) electrons. The highest BCUT2D eigenvalue weighted by atomic mass is 16.4. The Morgan fingerprint density at radius 2 is 1.73 bits per heavy atom. The summed E-state index contributed by atoms with van der Waals surface area (Å²) in [6.07, 6.45) is -0.410. The molecule has 4 amide bonds. The number of carbonyl (C=O) groups excluding carboxylic acids is 4. The number of nitrogens with two attached hydrogens (primary N) is 2. The van der Waals surface area contributed by atoms with Crippen LogP contribution in [0.15, 0.2) is 0 Å². The summed E-state index contributed by atoms with van der Waals surface area (Å²) in [5, 5.41) is 22.7. The zero-order chi connectivity index (χ0) is 23.0. The van der Waals surface area contributed by atoms with Crippen LogP contribution >= 0.6 is 0 Å². The molecule has 4 unspecified atom stereocenters. The smallest absolute Gasteiger partial charge is 0.326 e. The highest BCUT2D eigenvalue weighted by Crippen LogP contribution is 2.18. The molecule has 0 spiro atoms. The minimum absolute atomic E-state index is 0.233. The minimum atomic E-state index is -1.34. The third kappa shape index (κ3) is 7.31. The van der Waals surface area contributed by atoms with Crippen LogP contribution in [0.3, 0.4) is 0 Å². The Kier molecular flexibility index (Phi) is 9.17. The summed E-state index contributed by atoms with van der Waals surface area (Å²) in [5.41, 5.74) is 10.5. The van der Waals surface area contributed by atoms with Crippen LogP contribution < -0.4 is 22.1 Å². The van der Waals surface area contributed by atoms with Crippen molar-refractivity contribution < 1.29 is 39.0 Å². The lowest BCUT2D eigenvalue weighted by molar-refractivity contribution is -0.149. The molecular formula is C17H27N5O8. The Balaban J connectivity index is 2.81. The molecule has 1 rings (SSSR count). The summed E-state index contributed by atoms with van der Waals surface area (Å²) in [7, 11) is 0. The highest BCUT2D eigenvalue weighted by Gasteiger charge is 2.37. The molecule has 13 nitrogen and oxygen atoms in total. The van der Waals surface area contributed by atoms with Crippen LogP contribution in [-0.2, 0) is 28.8 Å². The lowest BCUT2D eigenvalue weighted by atomic mass is 10.1. The zero-order valence-electron chi connectivity index (χ0n) is 16.5. The van der Waals surface area contributed by atoms with E-state index < -0.39 is 72.6 Å². The molecular weight excluding hydrogens is 402 g/mol.